The van der Waals surface area contributed by atoms with Crippen LogP contribution < -0.4 is 5.32 Å². The molecule has 1 N–H and O–H groups in total. The van der Waals surface area contributed by atoms with Gasteiger partial charge < -0.3 is 5.32 Å². The molecule has 1 heterocycles. The lowest BCUT2D eigenvalue weighted by Gasteiger charge is -2.01. The molecule has 1 rings (SSSR count). The van der Waals surface area contributed by atoms with Gasteiger partial charge in [0.2, 0.25) is 5.91 Å². The van der Waals surface area contributed by atoms with Crippen LogP contribution in [0.1, 0.15) is 12.6 Å². The van der Waals surface area contributed by atoms with E-state index in [1.54, 1.807) is 10.9 Å². The fourth-order valence-electron chi connectivity index (χ4n) is 0.951. The van der Waals surface area contributed by atoms with Gasteiger partial charge in [0, 0.05) is 12.7 Å². The molecule has 0 bridgehead atoms. The van der Waals surface area contributed by atoms with E-state index in [9.17, 15) is 4.79 Å². The molecule has 0 saturated carbocycles. The Morgan fingerprint density at radius 3 is 3.00 bits per heavy atom. The van der Waals surface area contributed by atoms with E-state index in [-0.39, 0.29) is 5.91 Å². The smallest absolute Gasteiger partial charge is 0.241 e. The maximum Gasteiger partial charge on any atom is 0.241 e. The van der Waals surface area contributed by atoms with Gasteiger partial charge in [-0.3, -0.25) is 9.48 Å². The third kappa shape index (κ3) is 2.38. The van der Waals surface area contributed by atoms with Crippen molar-refractivity contribution in [2.75, 3.05) is 6.54 Å². The molecule has 1 amide bonds. The molecule has 0 unspecified atom stereocenters. The van der Waals surface area contributed by atoms with E-state index in [0.717, 1.165) is 5.69 Å². The minimum Gasteiger partial charge on any atom is -0.355 e. The van der Waals surface area contributed by atoms with Crippen LogP contribution in [0.25, 0.3) is 0 Å². The van der Waals surface area contributed by atoms with Gasteiger partial charge in [-0.1, -0.05) is 0 Å². The Bertz CT molecular complexity index is 267. The number of nitrogens with one attached hydrogen (secondary N) is 1. The average molecular weight is 167 g/mol. The van der Waals surface area contributed by atoms with Crippen molar-refractivity contribution in [2.24, 2.45) is 0 Å². The summed E-state index contributed by atoms with van der Waals surface area (Å²) >= 11 is 0. The topological polar surface area (TPSA) is 46.9 Å². The number of amides is 1. The van der Waals surface area contributed by atoms with Gasteiger partial charge in [-0.2, -0.15) is 5.10 Å². The first kappa shape index (κ1) is 8.77. The molecule has 0 atom stereocenters. The maximum atomic E-state index is 11.0. The van der Waals surface area contributed by atoms with Gasteiger partial charge in [-0.15, -0.1) is 0 Å². The summed E-state index contributed by atoms with van der Waals surface area (Å²) in [6.45, 7) is 4.77. The Morgan fingerprint density at radius 2 is 2.50 bits per heavy atom. The second-order valence-electron chi connectivity index (χ2n) is 2.61. The van der Waals surface area contributed by atoms with Crippen LogP contribution in [0.5, 0.6) is 0 Å². The number of aromatic nitrogens is 2. The number of rotatable bonds is 3. The standard InChI is InChI=1S/C8H13N3O/c1-3-9-8(12)6-11-5-4-7(2)10-11/h4-5H,3,6H2,1-2H3,(H,9,12). The molecule has 0 aliphatic rings. The third-order valence-corrected chi connectivity index (χ3v) is 1.45. The van der Waals surface area contributed by atoms with Gasteiger partial charge in [0.05, 0.1) is 5.69 Å². The molecule has 0 aliphatic heterocycles. The van der Waals surface area contributed by atoms with Crippen molar-refractivity contribution in [3.8, 4) is 0 Å². The summed E-state index contributed by atoms with van der Waals surface area (Å²) < 4.78 is 1.63. The van der Waals surface area contributed by atoms with E-state index in [1.807, 2.05) is 19.9 Å². The molecular formula is C8H13N3O. The predicted molar refractivity (Wildman–Crippen MR) is 45.6 cm³/mol. The normalized spacial score (nSPS) is 9.83. The number of aryl methyl sites for hydroxylation is 1. The van der Waals surface area contributed by atoms with Crippen molar-refractivity contribution >= 4 is 5.91 Å². The van der Waals surface area contributed by atoms with E-state index in [1.165, 1.54) is 0 Å². The molecule has 1 aromatic rings. The van der Waals surface area contributed by atoms with Crippen molar-refractivity contribution in [1.82, 2.24) is 15.1 Å². The van der Waals surface area contributed by atoms with Gasteiger partial charge in [0.15, 0.2) is 0 Å². The highest BCUT2D eigenvalue weighted by atomic mass is 16.2. The highest BCUT2D eigenvalue weighted by molar-refractivity contribution is 5.75. The number of carbonyl (C=O) groups excluding carboxylic acids is 1. The molecular weight excluding hydrogens is 154 g/mol. The van der Waals surface area contributed by atoms with Crippen LogP contribution in [-0.2, 0) is 11.3 Å². The number of likely N-dealkylation sites (N-methyl/N-ethyl adjacent to an activating group) is 1. The molecule has 1 aromatic heterocycles. The summed E-state index contributed by atoms with van der Waals surface area (Å²) in [5.41, 5.74) is 0.930. The van der Waals surface area contributed by atoms with Crippen molar-refractivity contribution in [1.29, 1.82) is 0 Å². The van der Waals surface area contributed by atoms with Crippen LogP contribution >= 0.6 is 0 Å². The van der Waals surface area contributed by atoms with E-state index >= 15 is 0 Å². The van der Waals surface area contributed by atoms with Crippen molar-refractivity contribution in [3.05, 3.63) is 18.0 Å². The second kappa shape index (κ2) is 3.90. The maximum absolute atomic E-state index is 11.0. The minimum absolute atomic E-state index is 0.000556. The lowest BCUT2D eigenvalue weighted by molar-refractivity contribution is -0.121. The van der Waals surface area contributed by atoms with E-state index in [2.05, 4.69) is 10.4 Å². The zero-order chi connectivity index (χ0) is 8.97. The van der Waals surface area contributed by atoms with Crippen molar-refractivity contribution < 1.29 is 4.79 Å². The first-order valence-corrected chi connectivity index (χ1v) is 3.99. The lowest BCUT2D eigenvalue weighted by Crippen LogP contribution is -2.27. The third-order valence-electron chi connectivity index (χ3n) is 1.45. The van der Waals surface area contributed by atoms with Gasteiger partial charge in [-0.05, 0) is 19.9 Å². The fraction of sp³-hybridized carbons (Fsp3) is 0.500. The number of nitrogens with zero attached hydrogens (tertiary/aromatic N) is 2. The molecule has 12 heavy (non-hydrogen) atoms. The Hall–Kier alpha value is -1.32. The van der Waals surface area contributed by atoms with Crippen molar-refractivity contribution in [2.45, 2.75) is 20.4 Å². The molecule has 0 spiro atoms. The average Bonchev–Trinajstić information content (AvgIpc) is 2.36. The highest BCUT2D eigenvalue weighted by Gasteiger charge is 2.00. The fourth-order valence-corrected chi connectivity index (χ4v) is 0.951. The summed E-state index contributed by atoms with van der Waals surface area (Å²) in [7, 11) is 0. The Morgan fingerprint density at radius 1 is 1.75 bits per heavy atom. The summed E-state index contributed by atoms with van der Waals surface area (Å²) in [5.74, 6) is 0.000556. The van der Waals surface area contributed by atoms with Crippen LogP contribution in [0.15, 0.2) is 12.3 Å². The molecule has 0 radical (unpaired) electrons. The van der Waals surface area contributed by atoms with Gasteiger partial charge in [-0.25, -0.2) is 0 Å². The molecule has 0 aromatic carbocycles. The SMILES string of the molecule is CCNC(=O)Cn1ccc(C)n1. The molecule has 4 heteroatoms. The first-order chi connectivity index (χ1) is 5.72. The van der Waals surface area contributed by atoms with Gasteiger partial charge in [0.25, 0.3) is 0 Å². The largest absolute Gasteiger partial charge is 0.355 e. The summed E-state index contributed by atoms with van der Waals surface area (Å²) in [4.78, 5) is 11.0. The lowest BCUT2D eigenvalue weighted by atomic mass is 10.5. The van der Waals surface area contributed by atoms with Crippen LogP contribution in [0.2, 0.25) is 0 Å². The second-order valence-corrected chi connectivity index (χ2v) is 2.61. The number of hydrogen-bond acceptors (Lipinski definition) is 2. The molecule has 66 valence electrons. The first-order valence-electron chi connectivity index (χ1n) is 3.99. The van der Waals surface area contributed by atoms with Gasteiger partial charge in [0.1, 0.15) is 6.54 Å². The Kier molecular flexibility index (Phi) is 2.85. The van der Waals surface area contributed by atoms with Gasteiger partial charge >= 0.3 is 0 Å². The quantitative estimate of drug-likeness (QED) is 0.705. The minimum atomic E-state index is 0.000556. The number of hydrogen-bond donors (Lipinski definition) is 1. The van der Waals surface area contributed by atoms with E-state index in [4.69, 9.17) is 0 Å². The predicted octanol–water partition coefficient (Wildman–Crippen LogP) is 0.328. The monoisotopic (exact) mass is 167 g/mol. The Labute approximate surface area is 71.6 Å². The zero-order valence-corrected chi connectivity index (χ0v) is 7.37. The van der Waals surface area contributed by atoms with Crippen LogP contribution in [0, 0.1) is 6.92 Å². The van der Waals surface area contributed by atoms with Crippen LogP contribution in [-0.4, -0.2) is 22.2 Å². The van der Waals surface area contributed by atoms with Crippen LogP contribution in [0.3, 0.4) is 0 Å². The summed E-state index contributed by atoms with van der Waals surface area (Å²) in [6.07, 6.45) is 1.80. The van der Waals surface area contributed by atoms with Crippen molar-refractivity contribution in [3.63, 3.8) is 0 Å². The summed E-state index contributed by atoms with van der Waals surface area (Å²) in [5, 5.41) is 6.79. The summed E-state index contributed by atoms with van der Waals surface area (Å²) in [6, 6.07) is 1.87. The van der Waals surface area contributed by atoms with Crippen LogP contribution in [0.4, 0.5) is 0 Å². The van der Waals surface area contributed by atoms with E-state index < -0.39 is 0 Å². The molecule has 0 aliphatic carbocycles. The molecule has 0 fully saturated rings. The Balaban J connectivity index is 2.46. The highest BCUT2D eigenvalue weighted by Crippen LogP contribution is 1.91. The number of carbonyl (C=O) groups is 1. The molecule has 4 nitrogen and oxygen atoms in total. The molecule has 0 saturated heterocycles. The zero-order valence-electron chi connectivity index (χ0n) is 7.37. The van der Waals surface area contributed by atoms with E-state index in [0.29, 0.717) is 13.1 Å².